The molecule has 0 bridgehead atoms. The lowest BCUT2D eigenvalue weighted by atomic mass is 9.86. The molecule has 0 saturated carbocycles. The zero-order valence-electron chi connectivity index (χ0n) is 11.1. The van der Waals surface area contributed by atoms with Crippen LogP contribution in [-0.4, -0.2) is 12.1 Å². The molecule has 0 unspecified atom stereocenters. The Morgan fingerprint density at radius 2 is 2.16 bits per heavy atom. The van der Waals surface area contributed by atoms with Gasteiger partial charge in [-0.3, -0.25) is 4.98 Å². The second-order valence-corrected chi connectivity index (χ2v) is 4.83. The average Bonchev–Trinajstić information content (AvgIpc) is 2.48. The van der Waals surface area contributed by atoms with E-state index in [2.05, 4.69) is 29.3 Å². The van der Waals surface area contributed by atoms with Crippen LogP contribution in [0.5, 0.6) is 5.75 Å². The van der Waals surface area contributed by atoms with Crippen LogP contribution < -0.4 is 4.74 Å². The summed E-state index contributed by atoms with van der Waals surface area (Å²) in [6, 6.07) is 10.4. The first-order valence-corrected chi connectivity index (χ1v) is 6.65. The molecular formula is C17H17NO. The number of pyridine rings is 1. The van der Waals surface area contributed by atoms with Crippen molar-refractivity contribution in [3.63, 3.8) is 0 Å². The first kappa shape index (κ1) is 12.0. The fraction of sp³-hybridized carbons (Fsp3) is 0.235. The summed E-state index contributed by atoms with van der Waals surface area (Å²) in [6.45, 7) is 0. The van der Waals surface area contributed by atoms with E-state index in [1.807, 2.05) is 18.3 Å². The van der Waals surface area contributed by atoms with E-state index in [1.54, 1.807) is 13.3 Å². The van der Waals surface area contributed by atoms with Crippen LogP contribution in [0.15, 0.2) is 42.7 Å². The minimum absolute atomic E-state index is 0.928. The second-order valence-electron chi connectivity index (χ2n) is 4.83. The molecule has 19 heavy (non-hydrogen) atoms. The van der Waals surface area contributed by atoms with Gasteiger partial charge in [-0.15, -0.1) is 0 Å². The highest BCUT2D eigenvalue weighted by Crippen LogP contribution is 2.34. The maximum Gasteiger partial charge on any atom is 0.119 e. The number of fused-ring (bicyclic) bond motifs is 1. The number of ether oxygens (including phenoxy) is 1. The number of benzene rings is 1. The highest BCUT2D eigenvalue weighted by Gasteiger charge is 2.14. The van der Waals surface area contributed by atoms with E-state index < -0.39 is 0 Å². The molecule has 0 fully saturated rings. The molecule has 0 atom stereocenters. The van der Waals surface area contributed by atoms with Gasteiger partial charge in [0, 0.05) is 12.4 Å². The number of aryl methyl sites for hydroxylation is 1. The van der Waals surface area contributed by atoms with Crippen molar-refractivity contribution in [1.29, 1.82) is 0 Å². The maximum absolute atomic E-state index is 5.34. The van der Waals surface area contributed by atoms with Gasteiger partial charge in [0.1, 0.15) is 5.75 Å². The van der Waals surface area contributed by atoms with Crippen molar-refractivity contribution in [2.24, 2.45) is 0 Å². The zero-order chi connectivity index (χ0) is 13.1. The SMILES string of the molecule is COc1ccc2c(c1)C(=Cc1cccnc1)CCC2. The van der Waals surface area contributed by atoms with E-state index in [1.165, 1.54) is 23.1 Å². The van der Waals surface area contributed by atoms with Gasteiger partial charge in [-0.25, -0.2) is 0 Å². The monoisotopic (exact) mass is 251 g/mol. The van der Waals surface area contributed by atoms with Gasteiger partial charge in [-0.05, 0) is 65.8 Å². The molecule has 2 aromatic rings. The molecule has 1 aliphatic rings. The van der Waals surface area contributed by atoms with E-state index in [0.29, 0.717) is 0 Å². The summed E-state index contributed by atoms with van der Waals surface area (Å²) in [4.78, 5) is 4.17. The van der Waals surface area contributed by atoms with Crippen LogP contribution >= 0.6 is 0 Å². The minimum Gasteiger partial charge on any atom is -0.497 e. The standard InChI is InChI=1S/C17H17NO/c1-19-16-8-7-14-5-2-6-15(17(14)11-16)10-13-4-3-9-18-12-13/h3-4,7-12H,2,5-6H2,1H3. The van der Waals surface area contributed by atoms with E-state index in [-0.39, 0.29) is 0 Å². The quantitative estimate of drug-likeness (QED) is 0.805. The molecule has 1 aromatic heterocycles. The van der Waals surface area contributed by atoms with Crippen molar-refractivity contribution in [2.45, 2.75) is 19.3 Å². The van der Waals surface area contributed by atoms with Gasteiger partial charge in [0.15, 0.2) is 0 Å². The number of aromatic nitrogens is 1. The molecule has 96 valence electrons. The van der Waals surface area contributed by atoms with Crippen LogP contribution in [0.3, 0.4) is 0 Å². The average molecular weight is 251 g/mol. The summed E-state index contributed by atoms with van der Waals surface area (Å²) in [7, 11) is 1.72. The summed E-state index contributed by atoms with van der Waals surface area (Å²) in [5.74, 6) is 0.928. The van der Waals surface area contributed by atoms with Crippen LogP contribution in [0.2, 0.25) is 0 Å². The predicted octanol–water partition coefficient (Wildman–Crippen LogP) is 3.97. The Morgan fingerprint density at radius 1 is 1.21 bits per heavy atom. The maximum atomic E-state index is 5.34. The number of nitrogens with zero attached hydrogens (tertiary/aromatic N) is 1. The van der Waals surface area contributed by atoms with Gasteiger partial charge >= 0.3 is 0 Å². The molecule has 0 radical (unpaired) electrons. The number of methoxy groups -OCH3 is 1. The summed E-state index contributed by atoms with van der Waals surface area (Å²) < 4.78 is 5.34. The fourth-order valence-electron chi connectivity index (χ4n) is 2.62. The summed E-state index contributed by atoms with van der Waals surface area (Å²) in [5.41, 5.74) is 5.29. The van der Waals surface area contributed by atoms with E-state index in [9.17, 15) is 0 Å². The third-order valence-electron chi connectivity index (χ3n) is 3.58. The van der Waals surface area contributed by atoms with Gasteiger partial charge < -0.3 is 4.74 Å². The topological polar surface area (TPSA) is 22.1 Å². The minimum atomic E-state index is 0.928. The lowest BCUT2D eigenvalue weighted by Gasteiger charge is -2.20. The second kappa shape index (κ2) is 5.27. The van der Waals surface area contributed by atoms with Crippen LogP contribution in [0, 0.1) is 0 Å². The lowest BCUT2D eigenvalue weighted by molar-refractivity contribution is 0.414. The Morgan fingerprint density at radius 3 is 2.95 bits per heavy atom. The van der Waals surface area contributed by atoms with Crippen molar-refractivity contribution >= 4 is 11.6 Å². The Kier molecular flexibility index (Phi) is 3.32. The van der Waals surface area contributed by atoms with Crippen molar-refractivity contribution in [2.75, 3.05) is 7.11 Å². The Bertz CT molecular complexity index is 602. The van der Waals surface area contributed by atoms with Gasteiger partial charge in [0.25, 0.3) is 0 Å². The zero-order valence-corrected chi connectivity index (χ0v) is 11.1. The van der Waals surface area contributed by atoms with E-state index in [4.69, 9.17) is 4.74 Å². The van der Waals surface area contributed by atoms with Crippen LogP contribution in [0.4, 0.5) is 0 Å². The summed E-state index contributed by atoms with van der Waals surface area (Å²) in [5, 5.41) is 0. The van der Waals surface area contributed by atoms with Crippen LogP contribution in [0.1, 0.15) is 29.5 Å². The normalized spacial score (nSPS) is 16.2. The number of allylic oxidation sites excluding steroid dienone is 1. The molecule has 0 saturated heterocycles. The first-order valence-electron chi connectivity index (χ1n) is 6.65. The van der Waals surface area contributed by atoms with Crippen LogP contribution in [0.25, 0.3) is 11.6 Å². The molecule has 0 N–H and O–H groups in total. The number of hydrogen-bond donors (Lipinski definition) is 0. The molecule has 0 aliphatic heterocycles. The summed E-state index contributed by atoms with van der Waals surface area (Å²) in [6.07, 6.45) is 9.44. The number of rotatable bonds is 2. The van der Waals surface area contributed by atoms with Gasteiger partial charge in [-0.2, -0.15) is 0 Å². The smallest absolute Gasteiger partial charge is 0.119 e. The van der Waals surface area contributed by atoms with Crippen molar-refractivity contribution in [3.8, 4) is 5.75 Å². The van der Waals surface area contributed by atoms with Crippen molar-refractivity contribution < 1.29 is 4.74 Å². The van der Waals surface area contributed by atoms with Gasteiger partial charge in [0.05, 0.1) is 7.11 Å². The third-order valence-corrected chi connectivity index (χ3v) is 3.58. The van der Waals surface area contributed by atoms with Crippen molar-refractivity contribution in [1.82, 2.24) is 4.98 Å². The van der Waals surface area contributed by atoms with E-state index >= 15 is 0 Å². The Labute approximate surface area is 113 Å². The molecule has 3 rings (SSSR count). The predicted molar refractivity (Wildman–Crippen MR) is 78.0 cm³/mol. The molecule has 1 aliphatic carbocycles. The molecule has 0 spiro atoms. The van der Waals surface area contributed by atoms with Crippen LogP contribution in [-0.2, 0) is 6.42 Å². The molecular weight excluding hydrogens is 234 g/mol. The molecule has 2 heteroatoms. The third kappa shape index (κ3) is 2.53. The van der Waals surface area contributed by atoms with E-state index in [0.717, 1.165) is 24.2 Å². The number of hydrogen-bond acceptors (Lipinski definition) is 2. The molecule has 1 aromatic carbocycles. The molecule has 0 amide bonds. The van der Waals surface area contributed by atoms with Gasteiger partial charge in [0.2, 0.25) is 0 Å². The first-order chi connectivity index (χ1) is 9.36. The lowest BCUT2D eigenvalue weighted by Crippen LogP contribution is -2.02. The fourth-order valence-corrected chi connectivity index (χ4v) is 2.62. The largest absolute Gasteiger partial charge is 0.497 e. The molecule has 1 heterocycles. The van der Waals surface area contributed by atoms with Crippen molar-refractivity contribution in [3.05, 3.63) is 59.4 Å². The highest BCUT2D eigenvalue weighted by molar-refractivity contribution is 5.84. The van der Waals surface area contributed by atoms with Gasteiger partial charge in [-0.1, -0.05) is 12.1 Å². The Hall–Kier alpha value is -2.09. The summed E-state index contributed by atoms with van der Waals surface area (Å²) >= 11 is 0. The molecule has 2 nitrogen and oxygen atoms in total. The highest BCUT2D eigenvalue weighted by atomic mass is 16.5. The Balaban J connectivity index is 2.04.